The highest BCUT2D eigenvalue weighted by Crippen LogP contribution is 2.26. The summed E-state index contributed by atoms with van der Waals surface area (Å²) in [6.07, 6.45) is 2.20. The summed E-state index contributed by atoms with van der Waals surface area (Å²) in [6.45, 7) is 9.58. The van der Waals surface area contributed by atoms with Gasteiger partial charge < -0.3 is 20.4 Å². The number of piperidine rings is 1. The molecule has 1 aromatic carbocycles. The Bertz CT molecular complexity index is 832. The Morgan fingerprint density at radius 3 is 2.35 bits per heavy atom. The van der Waals surface area contributed by atoms with Crippen LogP contribution in [0.2, 0.25) is 0 Å². The van der Waals surface area contributed by atoms with Gasteiger partial charge in [0.1, 0.15) is 0 Å². The zero-order valence-corrected chi connectivity index (χ0v) is 22.8. The third-order valence-electron chi connectivity index (χ3n) is 5.52. The maximum Gasteiger partial charge on any atom is 0.191 e. The van der Waals surface area contributed by atoms with Crippen LogP contribution in [0.15, 0.2) is 34.6 Å². The van der Waals surface area contributed by atoms with E-state index in [0.717, 1.165) is 42.7 Å². The SMILES string of the molecule is CN=C(NCc1csc(N(C)C)n1)NC1CCN(c2ccc(C(C)(C)C)cc2)CC1.I. The molecule has 0 atom stereocenters. The van der Waals surface area contributed by atoms with Crippen molar-refractivity contribution in [2.24, 2.45) is 4.99 Å². The van der Waals surface area contributed by atoms with Crippen molar-refractivity contribution in [1.82, 2.24) is 15.6 Å². The molecule has 2 aromatic rings. The number of aromatic nitrogens is 1. The van der Waals surface area contributed by atoms with E-state index in [1.807, 2.05) is 26.0 Å². The highest BCUT2D eigenvalue weighted by Gasteiger charge is 2.21. The fourth-order valence-corrected chi connectivity index (χ4v) is 4.36. The molecule has 0 radical (unpaired) electrons. The Morgan fingerprint density at radius 1 is 1.19 bits per heavy atom. The first-order chi connectivity index (χ1) is 14.3. The molecule has 1 aliphatic heterocycles. The van der Waals surface area contributed by atoms with Crippen LogP contribution in [0.5, 0.6) is 0 Å². The van der Waals surface area contributed by atoms with Gasteiger partial charge in [-0.3, -0.25) is 4.99 Å². The predicted octanol–water partition coefficient (Wildman–Crippen LogP) is 4.46. The number of anilines is 2. The Labute approximate surface area is 208 Å². The first-order valence-electron chi connectivity index (χ1n) is 10.7. The van der Waals surface area contributed by atoms with Crippen molar-refractivity contribution in [3.63, 3.8) is 0 Å². The van der Waals surface area contributed by atoms with Gasteiger partial charge in [0.15, 0.2) is 11.1 Å². The highest BCUT2D eigenvalue weighted by molar-refractivity contribution is 14.0. The number of guanidine groups is 1. The van der Waals surface area contributed by atoms with E-state index in [-0.39, 0.29) is 29.4 Å². The van der Waals surface area contributed by atoms with E-state index >= 15 is 0 Å². The van der Waals surface area contributed by atoms with Crippen LogP contribution < -0.4 is 20.4 Å². The van der Waals surface area contributed by atoms with E-state index in [4.69, 9.17) is 0 Å². The number of hydrogen-bond donors (Lipinski definition) is 2. The van der Waals surface area contributed by atoms with Gasteiger partial charge in [-0.2, -0.15) is 0 Å². The van der Waals surface area contributed by atoms with Gasteiger partial charge in [-0.1, -0.05) is 32.9 Å². The smallest absolute Gasteiger partial charge is 0.191 e. The Morgan fingerprint density at radius 2 is 1.84 bits per heavy atom. The van der Waals surface area contributed by atoms with E-state index in [9.17, 15) is 0 Å². The number of benzene rings is 1. The van der Waals surface area contributed by atoms with Crippen LogP contribution in [-0.4, -0.2) is 51.2 Å². The van der Waals surface area contributed by atoms with E-state index in [0.29, 0.717) is 12.6 Å². The zero-order valence-electron chi connectivity index (χ0n) is 19.6. The van der Waals surface area contributed by atoms with Crippen LogP contribution in [0.25, 0.3) is 0 Å². The second-order valence-corrected chi connectivity index (χ2v) is 9.98. The fraction of sp³-hybridized carbons (Fsp3) is 0.565. The molecule has 1 saturated heterocycles. The van der Waals surface area contributed by atoms with Gasteiger partial charge in [-0.05, 0) is 36.0 Å². The minimum atomic E-state index is 0. The van der Waals surface area contributed by atoms with E-state index in [2.05, 4.69) is 75.9 Å². The molecule has 0 bridgehead atoms. The molecule has 0 aliphatic carbocycles. The molecular formula is C23H37IN6S. The average Bonchev–Trinajstić information content (AvgIpc) is 3.20. The first kappa shape index (κ1) is 25.7. The van der Waals surface area contributed by atoms with Crippen LogP contribution in [0, 0.1) is 0 Å². The lowest BCUT2D eigenvalue weighted by atomic mass is 9.87. The summed E-state index contributed by atoms with van der Waals surface area (Å²) < 4.78 is 0. The van der Waals surface area contributed by atoms with Crippen molar-refractivity contribution in [3.05, 3.63) is 40.9 Å². The van der Waals surface area contributed by atoms with Crippen molar-refractivity contribution in [2.45, 2.75) is 51.6 Å². The molecule has 1 aliphatic rings. The summed E-state index contributed by atoms with van der Waals surface area (Å²) in [7, 11) is 5.86. The molecule has 6 nitrogen and oxygen atoms in total. The predicted molar refractivity (Wildman–Crippen MR) is 146 cm³/mol. The van der Waals surface area contributed by atoms with Gasteiger partial charge in [-0.25, -0.2) is 4.98 Å². The number of aliphatic imine (C=N–C) groups is 1. The summed E-state index contributed by atoms with van der Waals surface area (Å²) in [6, 6.07) is 9.51. The van der Waals surface area contributed by atoms with Gasteiger partial charge in [0.05, 0.1) is 12.2 Å². The van der Waals surface area contributed by atoms with Gasteiger partial charge >= 0.3 is 0 Å². The summed E-state index contributed by atoms with van der Waals surface area (Å²) in [4.78, 5) is 13.5. The van der Waals surface area contributed by atoms with Crippen LogP contribution in [0.1, 0.15) is 44.9 Å². The van der Waals surface area contributed by atoms with E-state index in [1.165, 1.54) is 11.3 Å². The Hall–Kier alpha value is -1.55. The summed E-state index contributed by atoms with van der Waals surface area (Å²) >= 11 is 1.66. The zero-order chi connectivity index (χ0) is 21.7. The van der Waals surface area contributed by atoms with Crippen molar-refractivity contribution >= 4 is 52.1 Å². The first-order valence-corrected chi connectivity index (χ1v) is 11.6. The fourth-order valence-electron chi connectivity index (χ4n) is 3.60. The van der Waals surface area contributed by atoms with E-state index < -0.39 is 0 Å². The summed E-state index contributed by atoms with van der Waals surface area (Å²) in [5.74, 6) is 0.849. The molecule has 0 amide bonds. The largest absolute Gasteiger partial charge is 0.371 e. The van der Waals surface area contributed by atoms with Gasteiger partial charge in [0.25, 0.3) is 0 Å². The van der Waals surface area contributed by atoms with Gasteiger partial charge in [0, 0.05) is 51.3 Å². The summed E-state index contributed by atoms with van der Waals surface area (Å²) in [5, 5.41) is 10.1. The molecule has 2 heterocycles. The molecular weight excluding hydrogens is 519 g/mol. The molecule has 31 heavy (non-hydrogen) atoms. The van der Waals surface area contributed by atoms with Gasteiger partial charge in [-0.15, -0.1) is 35.3 Å². The van der Waals surface area contributed by atoms with Crippen molar-refractivity contribution < 1.29 is 0 Å². The molecule has 3 rings (SSSR count). The monoisotopic (exact) mass is 556 g/mol. The highest BCUT2D eigenvalue weighted by atomic mass is 127. The third-order valence-corrected chi connectivity index (χ3v) is 6.57. The molecule has 0 unspecified atom stereocenters. The molecule has 172 valence electrons. The average molecular weight is 557 g/mol. The van der Waals surface area contributed by atoms with Crippen LogP contribution in [0.3, 0.4) is 0 Å². The normalized spacial score (nSPS) is 15.4. The Balaban J connectivity index is 0.00000341. The molecule has 0 saturated carbocycles. The van der Waals surface area contributed by atoms with Crippen molar-refractivity contribution in [2.75, 3.05) is 44.0 Å². The second kappa shape index (κ2) is 11.4. The number of hydrogen-bond acceptors (Lipinski definition) is 5. The number of rotatable bonds is 5. The number of nitrogens with one attached hydrogen (secondary N) is 2. The number of halogens is 1. The number of nitrogens with zero attached hydrogens (tertiary/aromatic N) is 4. The molecule has 1 fully saturated rings. The lowest BCUT2D eigenvalue weighted by Gasteiger charge is -2.35. The van der Waals surface area contributed by atoms with Crippen LogP contribution >= 0.6 is 35.3 Å². The Kier molecular flexibility index (Phi) is 9.42. The molecule has 0 spiro atoms. The summed E-state index contributed by atoms with van der Waals surface area (Å²) in [5.41, 5.74) is 3.95. The van der Waals surface area contributed by atoms with Crippen molar-refractivity contribution in [1.29, 1.82) is 0 Å². The minimum Gasteiger partial charge on any atom is -0.371 e. The van der Waals surface area contributed by atoms with Crippen LogP contribution in [-0.2, 0) is 12.0 Å². The van der Waals surface area contributed by atoms with E-state index in [1.54, 1.807) is 11.3 Å². The number of thiazole rings is 1. The minimum absolute atomic E-state index is 0. The standard InChI is InChI=1S/C23H36N6S.HI/c1-23(2,3)17-7-9-20(10-8-17)29-13-11-18(12-14-29)26-21(24-4)25-15-19-16-30-22(27-19)28(5)6;/h7-10,16,18H,11-15H2,1-6H3,(H2,24,25,26);1H. The quantitative estimate of drug-likeness (QED) is 0.324. The van der Waals surface area contributed by atoms with Crippen LogP contribution in [0.4, 0.5) is 10.8 Å². The molecule has 8 heteroatoms. The molecule has 2 N–H and O–H groups in total. The lowest BCUT2D eigenvalue weighted by molar-refractivity contribution is 0.461. The third kappa shape index (κ3) is 7.24. The topological polar surface area (TPSA) is 55.8 Å². The molecule has 1 aromatic heterocycles. The second-order valence-electron chi connectivity index (χ2n) is 9.14. The van der Waals surface area contributed by atoms with Gasteiger partial charge in [0.2, 0.25) is 0 Å². The maximum atomic E-state index is 4.62. The lowest BCUT2D eigenvalue weighted by Crippen LogP contribution is -2.48. The maximum absolute atomic E-state index is 4.62. The van der Waals surface area contributed by atoms with Crippen molar-refractivity contribution in [3.8, 4) is 0 Å².